The van der Waals surface area contributed by atoms with Crippen LogP contribution in [0.4, 0.5) is 0 Å². The largest absolute Gasteiger partial charge is 0.380 e. The number of carbonyl (C=O) groups excluding carboxylic acids is 1. The summed E-state index contributed by atoms with van der Waals surface area (Å²) in [5, 5.41) is 2.04. The first-order valence-corrected chi connectivity index (χ1v) is 6.19. The molecule has 1 unspecified atom stereocenters. The van der Waals surface area contributed by atoms with Gasteiger partial charge in [-0.25, -0.2) is 0 Å². The lowest BCUT2D eigenvalue weighted by Gasteiger charge is -2.19. The predicted octanol–water partition coefficient (Wildman–Crippen LogP) is 2.66. The van der Waals surface area contributed by atoms with Gasteiger partial charge in [-0.15, -0.1) is 11.3 Å². The molecule has 0 saturated carbocycles. The van der Waals surface area contributed by atoms with Crippen molar-refractivity contribution in [2.75, 3.05) is 13.2 Å². The molecule has 1 aromatic heterocycles. The number of hydrogen-bond donors (Lipinski definition) is 0. The second-order valence-corrected chi connectivity index (χ2v) is 5.91. The molecule has 1 saturated heterocycles. The lowest BCUT2D eigenvalue weighted by molar-refractivity contribution is -0.116. The Morgan fingerprint density at radius 2 is 2.57 bits per heavy atom. The van der Waals surface area contributed by atoms with Gasteiger partial charge in [0.25, 0.3) is 0 Å². The average molecular weight is 275 g/mol. The third-order valence-electron chi connectivity index (χ3n) is 2.62. The Morgan fingerprint density at radius 3 is 3.07 bits per heavy atom. The van der Waals surface area contributed by atoms with E-state index in [4.69, 9.17) is 4.74 Å². The minimum atomic E-state index is -0.274. The van der Waals surface area contributed by atoms with Crippen molar-refractivity contribution in [3.05, 3.63) is 20.8 Å². The Balaban J connectivity index is 2.16. The van der Waals surface area contributed by atoms with Gasteiger partial charge in [-0.2, -0.15) is 0 Å². The summed E-state index contributed by atoms with van der Waals surface area (Å²) in [6.45, 7) is 1.28. The molecule has 2 nitrogen and oxygen atoms in total. The van der Waals surface area contributed by atoms with Crippen molar-refractivity contribution >= 4 is 33.6 Å². The minimum absolute atomic E-state index is 0.274. The van der Waals surface area contributed by atoms with Crippen molar-refractivity contribution < 1.29 is 9.53 Å². The standard InChI is InChI=1S/C10H11BrO2S/c11-9-8(1-4-14-9)5-10(6-12)2-3-13-7-10/h1,4,6H,2-3,5,7H2. The van der Waals surface area contributed by atoms with Crippen molar-refractivity contribution in [3.8, 4) is 0 Å². The summed E-state index contributed by atoms with van der Waals surface area (Å²) in [6.07, 6.45) is 2.70. The van der Waals surface area contributed by atoms with E-state index in [0.29, 0.717) is 13.2 Å². The molecule has 2 heterocycles. The second-order valence-electron chi connectivity index (χ2n) is 3.68. The summed E-state index contributed by atoms with van der Waals surface area (Å²) in [6, 6.07) is 2.07. The Kier molecular flexibility index (Phi) is 3.04. The van der Waals surface area contributed by atoms with Crippen molar-refractivity contribution in [1.29, 1.82) is 0 Å². The Bertz CT molecular complexity index is 329. The molecule has 0 radical (unpaired) electrons. The van der Waals surface area contributed by atoms with Crippen LogP contribution in [0.3, 0.4) is 0 Å². The summed E-state index contributed by atoms with van der Waals surface area (Å²) in [7, 11) is 0. The molecule has 1 aliphatic heterocycles. The van der Waals surface area contributed by atoms with E-state index in [-0.39, 0.29) is 5.41 Å². The van der Waals surface area contributed by atoms with Crippen LogP contribution in [0, 0.1) is 5.41 Å². The van der Waals surface area contributed by atoms with Crippen molar-refractivity contribution in [2.45, 2.75) is 12.8 Å². The molecule has 14 heavy (non-hydrogen) atoms. The van der Waals surface area contributed by atoms with Crippen LogP contribution in [0.2, 0.25) is 0 Å². The molecule has 0 amide bonds. The Hall–Kier alpha value is -0.190. The summed E-state index contributed by atoms with van der Waals surface area (Å²) in [5.41, 5.74) is 0.941. The Morgan fingerprint density at radius 1 is 1.71 bits per heavy atom. The van der Waals surface area contributed by atoms with Gasteiger partial charge in [0, 0.05) is 6.61 Å². The van der Waals surface area contributed by atoms with Crippen molar-refractivity contribution in [3.63, 3.8) is 0 Å². The van der Waals surface area contributed by atoms with Crippen LogP contribution in [-0.2, 0) is 16.0 Å². The third kappa shape index (κ3) is 1.92. The van der Waals surface area contributed by atoms with Crippen molar-refractivity contribution in [1.82, 2.24) is 0 Å². The van der Waals surface area contributed by atoms with Crippen molar-refractivity contribution in [2.24, 2.45) is 5.41 Å². The highest BCUT2D eigenvalue weighted by molar-refractivity contribution is 9.11. The first kappa shape index (κ1) is 10.3. The molecule has 4 heteroatoms. The van der Waals surface area contributed by atoms with Gasteiger partial charge in [-0.05, 0) is 45.8 Å². The molecule has 76 valence electrons. The highest BCUT2D eigenvalue weighted by atomic mass is 79.9. The number of ether oxygens (including phenoxy) is 1. The van der Waals surface area contributed by atoms with Gasteiger partial charge in [0.1, 0.15) is 6.29 Å². The van der Waals surface area contributed by atoms with E-state index in [1.807, 2.05) is 5.38 Å². The summed E-state index contributed by atoms with van der Waals surface area (Å²) < 4.78 is 6.43. The fourth-order valence-electron chi connectivity index (χ4n) is 1.72. The molecule has 0 bridgehead atoms. The number of aldehydes is 1. The normalized spacial score (nSPS) is 26.6. The molecule has 1 fully saturated rings. The minimum Gasteiger partial charge on any atom is -0.380 e. The lowest BCUT2D eigenvalue weighted by atomic mass is 9.83. The molecule has 1 aromatic rings. The second kappa shape index (κ2) is 4.13. The van der Waals surface area contributed by atoms with Gasteiger partial charge in [0.2, 0.25) is 0 Å². The first-order valence-electron chi connectivity index (χ1n) is 4.52. The van der Waals surface area contributed by atoms with E-state index in [2.05, 4.69) is 22.0 Å². The third-order valence-corrected chi connectivity index (χ3v) is 4.43. The van der Waals surface area contributed by atoms with Gasteiger partial charge in [0.15, 0.2) is 0 Å². The molecule has 0 aliphatic carbocycles. The SMILES string of the molecule is O=CC1(Cc2ccsc2Br)CCOC1. The smallest absolute Gasteiger partial charge is 0.128 e. The maximum Gasteiger partial charge on any atom is 0.128 e. The molecular formula is C10H11BrO2S. The van der Waals surface area contributed by atoms with Gasteiger partial charge in [-0.1, -0.05) is 0 Å². The van der Waals surface area contributed by atoms with Crippen LogP contribution in [-0.4, -0.2) is 19.5 Å². The first-order chi connectivity index (χ1) is 6.76. The molecule has 2 rings (SSSR count). The van der Waals surface area contributed by atoms with Crippen LogP contribution in [0.25, 0.3) is 0 Å². The Labute approximate surface area is 95.4 Å². The topological polar surface area (TPSA) is 26.3 Å². The molecule has 0 aromatic carbocycles. The van der Waals surface area contributed by atoms with E-state index in [9.17, 15) is 4.79 Å². The number of carbonyl (C=O) groups is 1. The summed E-state index contributed by atoms with van der Waals surface area (Å²) in [5.74, 6) is 0. The van der Waals surface area contributed by atoms with Crippen LogP contribution < -0.4 is 0 Å². The van der Waals surface area contributed by atoms with E-state index >= 15 is 0 Å². The lowest BCUT2D eigenvalue weighted by Crippen LogP contribution is -2.25. The molecule has 1 aliphatic rings. The summed E-state index contributed by atoms with van der Waals surface area (Å²) in [4.78, 5) is 11.1. The average Bonchev–Trinajstić information content (AvgIpc) is 2.79. The van der Waals surface area contributed by atoms with E-state index in [1.165, 1.54) is 5.56 Å². The monoisotopic (exact) mass is 274 g/mol. The van der Waals surface area contributed by atoms with E-state index in [0.717, 1.165) is 22.9 Å². The fraction of sp³-hybridized carbons (Fsp3) is 0.500. The maximum absolute atomic E-state index is 11.1. The molecule has 0 N–H and O–H groups in total. The predicted molar refractivity (Wildman–Crippen MR) is 59.7 cm³/mol. The number of rotatable bonds is 3. The molecular weight excluding hydrogens is 264 g/mol. The quantitative estimate of drug-likeness (QED) is 0.793. The zero-order chi connectivity index (χ0) is 10.0. The number of thiophene rings is 1. The number of hydrogen-bond acceptors (Lipinski definition) is 3. The van der Waals surface area contributed by atoms with Gasteiger partial charge in [-0.3, -0.25) is 0 Å². The van der Waals surface area contributed by atoms with E-state index < -0.39 is 0 Å². The van der Waals surface area contributed by atoms with Crippen LogP contribution >= 0.6 is 27.3 Å². The van der Waals surface area contributed by atoms with Gasteiger partial charge < -0.3 is 9.53 Å². The van der Waals surface area contributed by atoms with E-state index in [1.54, 1.807) is 11.3 Å². The zero-order valence-corrected chi connectivity index (χ0v) is 10.1. The molecule has 1 atom stereocenters. The van der Waals surface area contributed by atoms with Gasteiger partial charge in [0.05, 0.1) is 15.8 Å². The zero-order valence-electron chi connectivity index (χ0n) is 7.66. The van der Waals surface area contributed by atoms with Crippen LogP contribution in [0.15, 0.2) is 15.2 Å². The highest BCUT2D eigenvalue weighted by Gasteiger charge is 2.35. The fourth-order valence-corrected chi connectivity index (χ4v) is 2.96. The summed E-state index contributed by atoms with van der Waals surface area (Å²) >= 11 is 5.15. The molecule has 0 spiro atoms. The van der Waals surface area contributed by atoms with Crippen LogP contribution in [0.1, 0.15) is 12.0 Å². The maximum atomic E-state index is 11.1. The highest BCUT2D eigenvalue weighted by Crippen LogP contribution is 2.34. The van der Waals surface area contributed by atoms with Gasteiger partial charge >= 0.3 is 0 Å². The van der Waals surface area contributed by atoms with Crippen LogP contribution in [0.5, 0.6) is 0 Å². The number of halogens is 1.